The van der Waals surface area contributed by atoms with Crippen LogP contribution in [0, 0.1) is 6.92 Å². The summed E-state index contributed by atoms with van der Waals surface area (Å²) >= 11 is 0. The van der Waals surface area contributed by atoms with Gasteiger partial charge < -0.3 is 10.1 Å². The molecule has 0 atom stereocenters. The molecule has 5 nitrogen and oxygen atoms in total. The Labute approximate surface area is 111 Å². The highest BCUT2D eigenvalue weighted by atomic mass is 16.5. The van der Waals surface area contributed by atoms with Crippen LogP contribution in [-0.4, -0.2) is 23.0 Å². The molecule has 0 bridgehead atoms. The molecule has 19 heavy (non-hydrogen) atoms. The molecule has 1 N–H and O–H groups in total. The molecule has 1 aromatic carbocycles. The van der Waals surface area contributed by atoms with E-state index in [4.69, 9.17) is 4.74 Å². The largest absolute Gasteiger partial charge is 0.496 e. The lowest BCUT2D eigenvalue weighted by Gasteiger charge is -2.08. The lowest BCUT2D eigenvalue weighted by molar-refractivity contribution is 0.0950. The van der Waals surface area contributed by atoms with Crippen molar-refractivity contribution >= 4 is 5.91 Å². The first kappa shape index (κ1) is 13.0. The number of methoxy groups -OCH3 is 1. The molecule has 0 fully saturated rings. The third-order valence-electron chi connectivity index (χ3n) is 2.72. The fourth-order valence-corrected chi connectivity index (χ4v) is 1.73. The van der Waals surface area contributed by atoms with Crippen LogP contribution in [0.5, 0.6) is 5.75 Å². The van der Waals surface area contributed by atoms with Gasteiger partial charge >= 0.3 is 0 Å². The number of hydrogen-bond acceptors (Lipinski definition) is 4. The van der Waals surface area contributed by atoms with Crippen LogP contribution in [0.1, 0.15) is 21.5 Å². The Balaban J connectivity index is 2.02. The van der Waals surface area contributed by atoms with E-state index in [2.05, 4.69) is 15.3 Å². The Bertz CT molecular complexity index is 570. The molecule has 0 aliphatic rings. The van der Waals surface area contributed by atoms with Crippen LogP contribution >= 0.6 is 0 Å². The quantitative estimate of drug-likeness (QED) is 0.905. The van der Waals surface area contributed by atoms with E-state index in [-0.39, 0.29) is 5.91 Å². The number of rotatable bonds is 4. The van der Waals surface area contributed by atoms with Crippen LogP contribution in [0.15, 0.2) is 36.9 Å². The molecule has 1 aromatic heterocycles. The van der Waals surface area contributed by atoms with Crippen LogP contribution in [0.4, 0.5) is 0 Å². The fraction of sp³-hybridized carbons (Fsp3) is 0.214. The van der Waals surface area contributed by atoms with Crippen molar-refractivity contribution < 1.29 is 9.53 Å². The molecule has 5 heteroatoms. The molecule has 0 radical (unpaired) electrons. The summed E-state index contributed by atoms with van der Waals surface area (Å²) in [6.45, 7) is 2.31. The Morgan fingerprint density at radius 3 is 2.68 bits per heavy atom. The molecule has 2 aromatic rings. The number of hydrogen-bond donors (Lipinski definition) is 1. The zero-order chi connectivity index (χ0) is 13.7. The maximum atomic E-state index is 12.0. The topological polar surface area (TPSA) is 64.1 Å². The number of nitrogens with one attached hydrogen (secondary N) is 1. The predicted octanol–water partition coefficient (Wildman–Crippen LogP) is 1.72. The highest BCUT2D eigenvalue weighted by molar-refractivity contribution is 5.94. The van der Waals surface area contributed by atoms with Crippen molar-refractivity contribution in [1.82, 2.24) is 15.3 Å². The van der Waals surface area contributed by atoms with Crippen LogP contribution in [0.2, 0.25) is 0 Å². The average Bonchev–Trinajstić information content (AvgIpc) is 2.45. The summed E-state index contributed by atoms with van der Waals surface area (Å²) in [5.74, 6) is 0.641. The van der Waals surface area contributed by atoms with Gasteiger partial charge in [0.2, 0.25) is 0 Å². The van der Waals surface area contributed by atoms with Crippen molar-refractivity contribution in [2.24, 2.45) is 0 Å². The molecule has 98 valence electrons. The number of ether oxygens (including phenoxy) is 1. The zero-order valence-electron chi connectivity index (χ0n) is 10.9. The standard InChI is InChI=1S/C14H15N3O2/c1-10-5-12(3-4-13(10)19-2)14(18)17-8-11-6-15-9-16-7-11/h3-7,9H,8H2,1-2H3,(H,17,18). The first-order valence-electron chi connectivity index (χ1n) is 5.87. The van der Waals surface area contributed by atoms with E-state index in [0.29, 0.717) is 12.1 Å². The lowest BCUT2D eigenvalue weighted by Crippen LogP contribution is -2.23. The summed E-state index contributed by atoms with van der Waals surface area (Å²) < 4.78 is 5.16. The summed E-state index contributed by atoms with van der Waals surface area (Å²) in [4.78, 5) is 19.8. The summed E-state index contributed by atoms with van der Waals surface area (Å²) in [7, 11) is 1.61. The van der Waals surface area contributed by atoms with Gasteiger partial charge in [-0.15, -0.1) is 0 Å². The van der Waals surface area contributed by atoms with Gasteiger partial charge in [-0.25, -0.2) is 9.97 Å². The molecule has 2 rings (SSSR count). The van der Waals surface area contributed by atoms with Gasteiger partial charge in [-0.3, -0.25) is 4.79 Å². The van der Waals surface area contributed by atoms with Gasteiger partial charge in [-0.2, -0.15) is 0 Å². The second-order valence-electron chi connectivity index (χ2n) is 4.11. The lowest BCUT2D eigenvalue weighted by atomic mass is 10.1. The number of aromatic nitrogens is 2. The maximum absolute atomic E-state index is 12.0. The minimum Gasteiger partial charge on any atom is -0.496 e. The van der Waals surface area contributed by atoms with Crippen molar-refractivity contribution in [3.63, 3.8) is 0 Å². The third kappa shape index (κ3) is 3.28. The monoisotopic (exact) mass is 257 g/mol. The first-order chi connectivity index (χ1) is 9.20. The van der Waals surface area contributed by atoms with Gasteiger partial charge in [0.25, 0.3) is 5.91 Å². The number of aryl methyl sites for hydroxylation is 1. The van der Waals surface area contributed by atoms with Crippen LogP contribution in [0.25, 0.3) is 0 Å². The summed E-state index contributed by atoms with van der Waals surface area (Å²) in [6, 6.07) is 5.33. The number of carbonyl (C=O) groups is 1. The molecular formula is C14H15N3O2. The van der Waals surface area contributed by atoms with Gasteiger partial charge in [-0.1, -0.05) is 0 Å². The van der Waals surface area contributed by atoms with E-state index in [0.717, 1.165) is 16.9 Å². The maximum Gasteiger partial charge on any atom is 0.251 e. The summed E-state index contributed by atoms with van der Waals surface area (Å²) in [5, 5.41) is 2.82. The van der Waals surface area contributed by atoms with Gasteiger partial charge in [0.15, 0.2) is 0 Å². The SMILES string of the molecule is COc1ccc(C(=O)NCc2cncnc2)cc1C. The van der Waals surface area contributed by atoms with Gasteiger partial charge in [0.1, 0.15) is 12.1 Å². The van der Waals surface area contributed by atoms with E-state index in [1.807, 2.05) is 6.92 Å². The molecule has 0 unspecified atom stereocenters. The number of nitrogens with zero attached hydrogens (tertiary/aromatic N) is 2. The van der Waals surface area contributed by atoms with E-state index < -0.39 is 0 Å². The molecule has 0 saturated heterocycles. The Morgan fingerprint density at radius 1 is 1.32 bits per heavy atom. The van der Waals surface area contributed by atoms with Crippen molar-refractivity contribution in [1.29, 1.82) is 0 Å². The Kier molecular flexibility index (Phi) is 4.07. The molecule has 0 spiro atoms. The molecule has 0 aliphatic heterocycles. The minimum atomic E-state index is -0.130. The smallest absolute Gasteiger partial charge is 0.251 e. The minimum absolute atomic E-state index is 0.130. The molecular weight excluding hydrogens is 242 g/mol. The van der Waals surface area contributed by atoms with E-state index in [9.17, 15) is 4.79 Å². The van der Waals surface area contributed by atoms with Crippen LogP contribution in [0.3, 0.4) is 0 Å². The third-order valence-corrected chi connectivity index (χ3v) is 2.72. The van der Waals surface area contributed by atoms with Gasteiger partial charge in [0.05, 0.1) is 7.11 Å². The first-order valence-corrected chi connectivity index (χ1v) is 5.87. The second-order valence-corrected chi connectivity index (χ2v) is 4.11. The van der Waals surface area contributed by atoms with Crippen LogP contribution in [-0.2, 0) is 6.54 Å². The molecule has 0 aliphatic carbocycles. The number of carbonyl (C=O) groups excluding carboxylic acids is 1. The normalized spacial score (nSPS) is 10.0. The fourth-order valence-electron chi connectivity index (χ4n) is 1.73. The van der Waals surface area contributed by atoms with Gasteiger partial charge in [-0.05, 0) is 30.7 Å². The molecule has 1 heterocycles. The summed E-state index contributed by atoms with van der Waals surface area (Å²) in [5.41, 5.74) is 2.40. The highest BCUT2D eigenvalue weighted by Crippen LogP contribution is 2.18. The summed E-state index contributed by atoms with van der Waals surface area (Å²) in [6.07, 6.45) is 4.80. The van der Waals surface area contributed by atoms with Crippen molar-refractivity contribution in [2.75, 3.05) is 7.11 Å². The van der Waals surface area contributed by atoms with Crippen LogP contribution < -0.4 is 10.1 Å². The van der Waals surface area contributed by atoms with E-state index >= 15 is 0 Å². The molecule has 1 amide bonds. The highest BCUT2D eigenvalue weighted by Gasteiger charge is 2.07. The predicted molar refractivity (Wildman–Crippen MR) is 70.9 cm³/mol. The average molecular weight is 257 g/mol. The Morgan fingerprint density at radius 2 is 2.05 bits per heavy atom. The zero-order valence-corrected chi connectivity index (χ0v) is 10.9. The van der Waals surface area contributed by atoms with E-state index in [1.54, 1.807) is 37.7 Å². The van der Waals surface area contributed by atoms with Gasteiger partial charge in [0, 0.05) is 30.1 Å². The molecule has 0 saturated carbocycles. The Hall–Kier alpha value is -2.43. The van der Waals surface area contributed by atoms with Crippen molar-refractivity contribution in [3.05, 3.63) is 53.6 Å². The number of amides is 1. The van der Waals surface area contributed by atoms with Crippen molar-refractivity contribution in [2.45, 2.75) is 13.5 Å². The number of benzene rings is 1. The van der Waals surface area contributed by atoms with E-state index in [1.165, 1.54) is 6.33 Å². The second kappa shape index (κ2) is 5.95. The van der Waals surface area contributed by atoms with Crippen molar-refractivity contribution in [3.8, 4) is 5.75 Å².